The van der Waals surface area contributed by atoms with Gasteiger partial charge < -0.3 is 5.32 Å². The molecule has 144 valence electrons. The van der Waals surface area contributed by atoms with Crippen molar-refractivity contribution < 1.29 is 13.2 Å². The van der Waals surface area contributed by atoms with Crippen LogP contribution in [0.15, 0.2) is 53.4 Å². The number of hydrogen-bond acceptors (Lipinski definition) is 3. The van der Waals surface area contributed by atoms with E-state index < -0.39 is 10.0 Å². The van der Waals surface area contributed by atoms with E-state index in [-0.39, 0.29) is 16.8 Å². The van der Waals surface area contributed by atoms with Crippen LogP contribution in [0, 0.1) is 6.92 Å². The molecule has 0 radical (unpaired) electrons. The molecule has 0 aliphatic carbocycles. The van der Waals surface area contributed by atoms with Crippen molar-refractivity contribution >= 4 is 15.9 Å². The number of carbonyl (C=O) groups is 1. The molecular formula is C21H26N2O3S. The third kappa shape index (κ3) is 4.39. The third-order valence-corrected chi connectivity index (χ3v) is 6.95. The first-order valence-electron chi connectivity index (χ1n) is 9.36. The van der Waals surface area contributed by atoms with Crippen LogP contribution in [0.4, 0.5) is 0 Å². The standard InChI is InChI=1S/C21H26N2O3S/c1-16-11-12-19(27(25,26)23-13-7-4-8-14-23)15-20(16)21(24)22-17(2)18-9-5-3-6-10-18/h3,5-6,9-12,15,17H,4,7-8,13-14H2,1-2H3,(H,22,24)/t17-/m0/s1. The Labute approximate surface area is 161 Å². The molecule has 6 heteroatoms. The lowest BCUT2D eigenvalue weighted by atomic mass is 10.1. The summed E-state index contributed by atoms with van der Waals surface area (Å²) >= 11 is 0. The zero-order chi connectivity index (χ0) is 19.4. The summed E-state index contributed by atoms with van der Waals surface area (Å²) in [4.78, 5) is 13.0. The molecule has 1 aliphatic rings. The average molecular weight is 387 g/mol. The Morgan fingerprint density at radius 3 is 2.37 bits per heavy atom. The maximum atomic E-state index is 12.9. The van der Waals surface area contributed by atoms with Crippen LogP contribution in [-0.2, 0) is 10.0 Å². The van der Waals surface area contributed by atoms with Gasteiger partial charge in [-0.25, -0.2) is 8.42 Å². The topological polar surface area (TPSA) is 66.5 Å². The highest BCUT2D eigenvalue weighted by Crippen LogP contribution is 2.23. The van der Waals surface area contributed by atoms with Crippen LogP contribution < -0.4 is 5.32 Å². The van der Waals surface area contributed by atoms with Crippen LogP contribution in [0.2, 0.25) is 0 Å². The van der Waals surface area contributed by atoms with Crippen LogP contribution >= 0.6 is 0 Å². The number of sulfonamides is 1. The summed E-state index contributed by atoms with van der Waals surface area (Å²) < 4.78 is 27.3. The SMILES string of the molecule is Cc1ccc(S(=O)(=O)N2CCCCC2)cc1C(=O)N[C@@H](C)c1ccccc1. The molecule has 1 heterocycles. The molecule has 2 aromatic carbocycles. The maximum Gasteiger partial charge on any atom is 0.252 e. The number of rotatable bonds is 5. The Hall–Kier alpha value is -2.18. The fourth-order valence-electron chi connectivity index (χ4n) is 3.36. The van der Waals surface area contributed by atoms with Gasteiger partial charge in [0.2, 0.25) is 10.0 Å². The molecule has 5 nitrogen and oxygen atoms in total. The van der Waals surface area contributed by atoms with Crippen LogP contribution in [0.25, 0.3) is 0 Å². The highest BCUT2D eigenvalue weighted by Gasteiger charge is 2.27. The Morgan fingerprint density at radius 1 is 1.04 bits per heavy atom. The van der Waals surface area contributed by atoms with Crippen LogP contribution in [-0.4, -0.2) is 31.7 Å². The van der Waals surface area contributed by atoms with E-state index in [1.165, 1.54) is 10.4 Å². The first-order valence-corrected chi connectivity index (χ1v) is 10.8. The average Bonchev–Trinajstić information content (AvgIpc) is 2.69. The Morgan fingerprint density at radius 2 is 1.70 bits per heavy atom. The van der Waals surface area contributed by atoms with Gasteiger partial charge in [-0.2, -0.15) is 4.31 Å². The Bertz CT molecular complexity index is 904. The van der Waals surface area contributed by atoms with Gasteiger partial charge in [0.25, 0.3) is 5.91 Å². The molecule has 1 atom stereocenters. The molecule has 3 rings (SSSR count). The molecule has 0 aromatic heterocycles. The van der Waals surface area contributed by atoms with Gasteiger partial charge >= 0.3 is 0 Å². The minimum atomic E-state index is -3.56. The molecule has 2 aromatic rings. The first-order chi connectivity index (χ1) is 12.9. The molecule has 1 saturated heterocycles. The summed E-state index contributed by atoms with van der Waals surface area (Å²) in [5.41, 5.74) is 2.15. The monoisotopic (exact) mass is 386 g/mol. The minimum absolute atomic E-state index is 0.166. The molecule has 27 heavy (non-hydrogen) atoms. The lowest BCUT2D eigenvalue weighted by Gasteiger charge is -2.26. The summed E-state index contributed by atoms with van der Waals surface area (Å²) in [5, 5.41) is 2.96. The Kier molecular flexibility index (Phi) is 5.97. The zero-order valence-electron chi connectivity index (χ0n) is 15.8. The quantitative estimate of drug-likeness (QED) is 0.853. The summed E-state index contributed by atoms with van der Waals surface area (Å²) in [6, 6.07) is 14.3. The van der Waals surface area contributed by atoms with E-state index in [2.05, 4.69) is 5.32 Å². The van der Waals surface area contributed by atoms with E-state index in [1.54, 1.807) is 12.1 Å². The predicted octanol–water partition coefficient (Wildman–Crippen LogP) is 3.66. The normalized spacial score (nSPS) is 16.7. The lowest BCUT2D eigenvalue weighted by molar-refractivity contribution is 0.0939. The molecule has 0 spiro atoms. The molecule has 1 amide bonds. The molecule has 0 saturated carbocycles. The van der Waals surface area contributed by atoms with Gasteiger partial charge in [-0.05, 0) is 49.9 Å². The maximum absolute atomic E-state index is 12.9. The van der Waals surface area contributed by atoms with Crippen molar-refractivity contribution in [2.75, 3.05) is 13.1 Å². The van der Waals surface area contributed by atoms with Crippen molar-refractivity contribution in [1.82, 2.24) is 9.62 Å². The zero-order valence-corrected chi connectivity index (χ0v) is 16.6. The Balaban J connectivity index is 1.83. The number of amides is 1. The first kappa shape index (κ1) is 19.6. The van der Waals surface area contributed by atoms with Gasteiger partial charge in [0.1, 0.15) is 0 Å². The van der Waals surface area contributed by atoms with E-state index in [1.807, 2.05) is 44.2 Å². The van der Waals surface area contributed by atoms with Gasteiger partial charge in [-0.3, -0.25) is 4.79 Å². The molecule has 1 N–H and O–H groups in total. The van der Waals surface area contributed by atoms with Gasteiger partial charge in [0.05, 0.1) is 10.9 Å². The molecule has 1 aliphatic heterocycles. The van der Waals surface area contributed by atoms with E-state index in [4.69, 9.17) is 0 Å². The number of piperidine rings is 1. The molecular weight excluding hydrogens is 360 g/mol. The summed E-state index contributed by atoms with van der Waals surface area (Å²) in [7, 11) is -3.56. The van der Waals surface area contributed by atoms with Gasteiger partial charge in [-0.1, -0.05) is 42.8 Å². The van der Waals surface area contributed by atoms with Crippen LogP contribution in [0.5, 0.6) is 0 Å². The number of benzene rings is 2. The van der Waals surface area contributed by atoms with E-state index in [9.17, 15) is 13.2 Å². The van der Waals surface area contributed by atoms with Gasteiger partial charge in [0, 0.05) is 18.7 Å². The summed E-state index contributed by atoms with van der Waals surface area (Å²) in [5.74, 6) is -0.264. The van der Waals surface area contributed by atoms with E-state index >= 15 is 0 Å². The van der Waals surface area contributed by atoms with E-state index in [0.717, 1.165) is 30.4 Å². The minimum Gasteiger partial charge on any atom is -0.346 e. The van der Waals surface area contributed by atoms with Crippen molar-refractivity contribution in [3.63, 3.8) is 0 Å². The van der Waals surface area contributed by atoms with Gasteiger partial charge in [0.15, 0.2) is 0 Å². The van der Waals surface area contributed by atoms with Crippen molar-refractivity contribution in [1.29, 1.82) is 0 Å². The molecule has 0 bridgehead atoms. The van der Waals surface area contributed by atoms with Crippen LogP contribution in [0.3, 0.4) is 0 Å². The molecule has 1 fully saturated rings. The fourth-order valence-corrected chi connectivity index (χ4v) is 4.90. The van der Waals surface area contributed by atoms with E-state index in [0.29, 0.717) is 18.7 Å². The highest BCUT2D eigenvalue weighted by molar-refractivity contribution is 7.89. The summed E-state index contributed by atoms with van der Waals surface area (Å²) in [6.45, 7) is 4.82. The van der Waals surface area contributed by atoms with Crippen molar-refractivity contribution in [2.45, 2.75) is 44.0 Å². The molecule has 0 unspecified atom stereocenters. The highest BCUT2D eigenvalue weighted by atomic mass is 32.2. The number of nitrogens with zero attached hydrogens (tertiary/aromatic N) is 1. The fraction of sp³-hybridized carbons (Fsp3) is 0.381. The predicted molar refractivity (Wildman–Crippen MR) is 106 cm³/mol. The third-order valence-electron chi connectivity index (χ3n) is 5.05. The second-order valence-corrected chi connectivity index (χ2v) is 8.99. The van der Waals surface area contributed by atoms with Crippen molar-refractivity contribution in [3.8, 4) is 0 Å². The second-order valence-electron chi connectivity index (χ2n) is 7.05. The second kappa shape index (κ2) is 8.23. The largest absolute Gasteiger partial charge is 0.346 e. The summed E-state index contributed by atoms with van der Waals surface area (Å²) in [6.07, 6.45) is 2.82. The van der Waals surface area contributed by atoms with Gasteiger partial charge in [-0.15, -0.1) is 0 Å². The lowest BCUT2D eigenvalue weighted by Crippen LogP contribution is -2.35. The van der Waals surface area contributed by atoms with Crippen LogP contribution in [0.1, 0.15) is 53.7 Å². The van der Waals surface area contributed by atoms with Crippen molar-refractivity contribution in [3.05, 3.63) is 65.2 Å². The smallest absolute Gasteiger partial charge is 0.252 e. The number of carbonyl (C=O) groups excluding carboxylic acids is 1. The number of aryl methyl sites for hydroxylation is 1. The number of hydrogen-bond donors (Lipinski definition) is 1. The number of nitrogens with one attached hydrogen (secondary N) is 1. The van der Waals surface area contributed by atoms with Crippen molar-refractivity contribution in [2.24, 2.45) is 0 Å².